The molecule has 4 rings (SSSR count). The number of hydrogen-bond acceptors (Lipinski definition) is 6. The van der Waals surface area contributed by atoms with E-state index in [-0.39, 0.29) is 5.91 Å². The summed E-state index contributed by atoms with van der Waals surface area (Å²) in [7, 11) is 3.25. The Morgan fingerprint density at radius 2 is 1.79 bits per heavy atom. The monoisotopic (exact) mass is 476 g/mol. The normalized spacial score (nSPS) is 14.5. The third-order valence-corrected chi connectivity index (χ3v) is 6.41. The first-order valence-electron chi connectivity index (χ1n) is 11.2. The Hall–Kier alpha value is -3.52. The summed E-state index contributed by atoms with van der Waals surface area (Å²) < 4.78 is 12.5. The summed E-state index contributed by atoms with van der Waals surface area (Å²) in [4.78, 5) is 19.7. The molecule has 0 atom stereocenters. The fraction of sp³-hybridized carbons (Fsp3) is 0.269. The predicted octanol–water partition coefficient (Wildman–Crippen LogP) is 5.25. The molecule has 0 saturated carbocycles. The molecule has 1 amide bonds. The van der Waals surface area contributed by atoms with E-state index in [1.807, 2.05) is 71.6 Å². The van der Waals surface area contributed by atoms with Crippen LogP contribution in [-0.4, -0.2) is 40.8 Å². The van der Waals surface area contributed by atoms with Crippen LogP contribution in [0.25, 0.3) is 6.08 Å². The molecule has 0 spiro atoms. The molecule has 1 aliphatic heterocycles. The van der Waals surface area contributed by atoms with Gasteiger partial charge in [-0.3, -0.25) is 14.4 Å². The molecule has 2 aromatic carbocycles. The second-order valence-corrected chi connectivity index (χ2v) is 8.78. The summed E-state index contributed by atoms with van der Waals surface area (Å²) in [6.45, 7) is 0.918. The third kappa shape index (κ3) is 5.88. The summed E-state index contributed by atoms with van der Waals surface area (Å²) >= 11 is 1.60. The SMILES string of the molecule is COc1ccc(/C=C2\N=C(SCCCCCn3cccn3)N(c3cccc(OC)c3)C2=O)cc1. The average Bonchev–Trinajstić information content (AvgIpc) is 3.50. The Morgan fingerprint density at radius 1 is 0.971 bits per heavy atom. The van der Waals surface area contributed by atoms with Gasteiger partial charge in [-0.15, -0.1) is 0 Å². The number of thioether (sulfide) groups is 1. The van der Waals surface area contributed by atoms with Gasteiger partial charge in [-0.25, -0.2) is 4.99 Å². The molecule has 1 aliphatic rings. The minimum atomic E-state index is -0.148. The van der Waals surface area contributed by atoms with Crippen molar-refractivity contribution < 1.29 is 14.3 Å². The highest BCUT2D eigenvalue weighted by Gasteiger charge is 2.32. The van der Waals surface area contributed by atoms with Crippen LogP contribution in [0.1, 0.15) is 24.8 Å². The van der Waals surface area contributed by atoms with Crippen LogP contribution in [0.5, 0.6) is 11.5 Å². The minimum Gasteiger partial charge on any atom is -0.497 e. The van der Waals surface area contributed by atoms with Gasteiger partial charge in [-0.05, 0) is 54.8 Å². The maximum Gasteiger partial charge on any atom is 0.283 e. The second kappa shape index (κ2) is 11.6. The molecular formula is C26H28N4O3S. The number of amidine groups is 1. The molecule has 0 fully saturated rings. The number of hydrogen-bond donors (Lipinski definition) is 0. The van der Waals surface area contributed by atoms with E-state index in [1.165, 1.54) is 0 Å². The fourth-order valence-corrected chi connectivity index (χ4v) is 4.59. The Morgan fingerprint density at radius 3 is 2.53 bits per heavy atom. The van der Waals surface area contributed by atoms with E-state index < -0.39 is 0 Å². The van der Waals surface area contributed by atoms with Gasteiger partial charge in [0.15, 0.2) is 5.17 Å². The predicted molar refractivity (Wildman–Crippen MR) is 137 cm³/mol. The molecule has 8 heteroatoms. The first kappa shape index (κ1) is 23.6. The zero-order chi connectivity index (χ0) is 23.8. The number of ether oxygens (including phenoxy) is 2. The van der Waals surface area contributed by atoms with Crippen LogP contribution in [0.2, 0.25) is 0 Å². The number of aliphatic imine (C=N–C) groups is 1. The highest BCUT2D eigenvalue weighted by atomic mass is 32.2. The lowest BCUT2D eigenvalue weighted by molar-refractivity contribution is -0.113. The Kier molecular flexibility index (Phi) is 8.04. The molecule has 0 N–H and O–H groups in total. The highest BCUT2D eigenvalue weighted by Crippen LogP contribution is 2.32. The molecular weight excluding hydrogens is 448 g/mol. The minimum absolute atomic E-state index is 0.148. The number of benzene rings is 2. The van der Waals surface area contributed by atoms with Gasteiger partial charge in [0.2, 0.25) is 0 Å². The fourth-order valence-electron chi connectivity index (χ4n) is 3.58. The summed E-state index contributed by atoms with van der Waals surface area (Å²) in [6, 6.07) is 17.0. The van der Waals surface area contributed by atoms with E-state index in [0.717, 1.165) is 48.6 Å². The number of nitrogens with zero attached hydrogens (tertiary/aromatic N) is 4. The molecule has 0 saturated heterocycles. The summed E-state index contributed by atoms with van der Waals surface area (Å²) in [5.74, 6) is 2.19. The van der Waals surface area contributed by atoms with Gasteiger partial charge < -0.3 is 9.47 Å². The number of aryl methyl sites for hydroxylation is 1. The van der Waals surface area contributed by atoms with Gasteiger partial charge in [-0.1, -0.05) is 36.4 Å². The Bertz CT molecular complexity index is 1160. The molecule has 0 aliphatic carbocycles. The first-order chi connectivity index (χ1) is 16.7. The number of methoxy groups -OCH3 is 2. The average molecular weight is 477 g/mol. The van der Waals surface area contributed by atoms with Crippen molar-refractivity contribution in [2.75, 3.05) is 24.9 Å². The van der Waals surface area contributed by atoms with Crippen LogP contribution in [0.4, 0.5) is 5.69 Å². The lowest BCUT2D eigenvalue weighted by Gasteiger charge is -2.18. The van der Waals surface area contributed by atoms with E-state index in [0.29, 0.717) is 16.6 Å². The van der Waals surface area contributed by atoms with Crippen LogP contribution in [0.3, 0.4) is 0 Å². The van der Waals surface area contributed by atoms with Crippen LogP contribution in [0, 0.1) is 0 Å². The van der Waals surface area contributed by atoms with E-state index in [2.05, 4.69) is 5.10 Å². The van der Waals surface area contributed by atoms with Crippen molar-refractivity contribution in [2.45, 2.75) is 25.8 Å². The number of aromatic nitrogens is 2. The van der Waals surface area contributed by atoms with Gasteiger partial charge in [0, 0.05) is 30.8 Å². The van der Waals surface area contributed by atoms with Gasteiger partial charge in [0.25, 0.3) is 5.91 Å². The zero-order valence-electron chi connectivity index (χ0n) is 19.4. The number of anilines is 1. The first-order valence-corrected chi connectivity index (χ1v) is 12.2. The molecule has 0 radical (unpaired) electrons. The van der Waals surface area contributed by atoms with E-state index in [1.54, 1.807) is 37.1 Å². The summed E-state index contributed by atoms with van der Waals surface area (Å²) in [5.41, 5.74) is 2.05. The van der Waals surface area contributed by atoms with E-state index >= 15 is 0 Å². The molecule has 3 aromatic rings. The van der Waals surface area contributed by atoms with Crippen LogP contribution in [-0.2, 0) is 11.3 Å². The van der Waals surface area contributed by atoms with Crippen molar-refractivity contribution in [1.29, 1.82) is 0 Å². The number of rotatable bonds is 10. The zero-order valence-corrected chi connectivity index (χ0v) is 20.2. The standard InChI is InChI=1S/C26H28N4O3S/c1-32-22-12-10-20(11-13-22)18-24-25(31)30(21-8-6-9-23(19-21)33-2)26(28-24)34-17-5-3-4-15-29-16-7-14-27-29/h6-14,16,18-19H,3-5,15,17H2,1-2H3/b24-18-. The smallest absolute Gasteiger partial charge is 0.283 e. The van der Waals surface area contributed by atoms with Crippen LogP contribution < -0.4 is 14.4 Å². The van der Waals surface area contributed by atoms with Crippen molar-refractivity contribution in [1.82, 2.24) is 9.78 Å². The van der Waals surface area contributed by atoms with Crippen LogP contribution >= 0.6 is 11.8 Å². The molecule has 0 unspecified atom stereocenters. The van der Waals surface area contributed by atoms with E-state index in [9.17, 15) is 4.79 Å². The molecule has 2 heterocycles. The van der Waals surface area contributed by atoms with Crippen LogP contribution in [0.15, 0.2) is 77.7 Å². The molecule has 0 bridgehead atoms. The number of unbranched alkanes of at least 4 members (excludes halogenated alkanes) is 2. The van der Waals surface area contributed by atoms with Gasteiger partial charge in [0.1, 0.15) is 17.2 Å². The highest BCUT2D eigenvalue weighted by molar-refractivity contribution is 8.14. The topological polar surface area (TPSA) is 68.9 Å². The molecule has 34 heavy (non-hydrogen) atoms. The second-order valence-electron chi connectivity index (χ2n) is 7.72. The van der Waals surface area contributed by atoms with Gasteiger partial charge >= 0.3 is 0 Å². The number of carbonyl (C=O) groups excluding carboxylic acids is 1. The number of amides is 1. The maximum atomic E-state index is 13.4. The quantitative estimate of drug-likeness (QED) is 0.295. The summed E-state index contributed by atoms with van der Waals surface area (Å²) in [5, 5.41) is 4.93. The molecule has 176 valence electrons. The maximum absolute atomic E-state index is 13.4. The van der Waals surface area contributed by atoms with Crippen molar-refractivity contribution in [2.24, 2.45) is 4.99 Å². The third-order valence-electron chi connectivity index (χ3n) is 5.38. The molecule has 1 aromatic heterocycles. The Balaban J connectivity index is 1.47. The lowest BCUT2D eigenvalue weighted by atomic mass is 10.2. The lowest BCUT2D eigenvalue weighted by Crippen LogP contribution is -2.30. The van der Waals surface area contributed by atoms with Gasteiger partial charge in [-0.2, -0.15) is 5.10 Å². The largest absolute Gasteiger partial charge is 0.497 e. The number of carbonyl (C=O) groups is 1. The van der Waals surface area contributed by atoms with Crippen molar-refractivity contribution in [3.63, 3.8) is 0 Å². The van der Waals surface area contributed by atoms with Crippen molar-refractivity contribution >= 4 is 34.6 Å². The van der Waals surface area contributed by atoms with E-state index in [4.69, 9.17) is 14.5 Å². The van der Waals surface area contributed by atoms with Gasteiger partial charge in [0.05, 0.1) is 19.9 Å². The van der Waals surface area contributed by atoms with Crippen molar-refractivity contribution in [3.8, 4) is 11.5 Å². The van der Waals surface area contributed by atoms with Crippen molar-refractivity contribution in [3.05, 3.63) is 78.3 Å². The summed E-state index contributed by atoms with van der Waals surface area (Å²) in [6.07, 6.45) is 8.78. The molecule has 7 nitrogen and oxygen atoms in total. The Labute approximate surface area is 204 Å².